The summed E-state index contributed by atoms with van der Waals surface area (Å²) in [7, 11) is 0. The zero-order chi connectivity index (χ0) is 14.4. The minimum absolute atomic E-state index is 0.153. The Kier molecular flexibility index (Phi) is 5.44. The van der Waals surface area contributed by atoms with Gasteiger partial charge in [0.2, 0.25) is 5.91 Å². The standard InChI is InChI=1S/C15H13ClFNOS/c16-12-6-7-14(13(17)8-12)18-15(19)10-20-9-11-4-2-1-3-5-11/h1-8H,9-10H2,(H,18,19). The second-order valence-electron chi connectivity index (χ2n) is 4.15. The van der Waals surface area contributed by atoms with E-state index in [1.807, 2.05) is 30.3 Å². The second kappa shape index (κ2) is 7.31. The second-order valence-corrected chi connectivity index (χ2v) is 5.57. The Balaban J connectivity index is 1.81. The summed E-state index contributed by atoms with van der Waals surface area (Å²) in [5.74, 6) is 0.264. The van der Waals surface area contributed by atoms with Gasteiger partial charge in [0.1, 0.15) is 5.82 Å². The van der Waals surface area contributed by atoms with Crippen LogP contribution in [0.4, 0.5) is 10.1 Å². The van der Waals surface area contributed by atoms with Crippen LogP contribution in [0.15, 0.2) is 48.5 Å². The summed E-state index contributed by atoms with van der Waals surface area (Å²) in [5, 5.41) is 2.83. The van der Waals surface area contributed by atoms with E-state index >= 15 is 0 Å². The van der Waals surface area contributed by atoms with E-state index in [-0.39, 0.29) is 17.3 Å². The first-order valence-electron chi connectivity index (χ1n) is 6.02. The van der Waals surface area contributed by atoms with Gasteiger partial charge in [0.15, 0.2) is 0 Å². The Labute approximate surface area is 126 Å². The summed E-state index contributed by atoms with van der Waals surface area (Å²) in [6.07, 6.45) is 0. The zero-order valence-electron chi connectivity index (χ0n) is 10.6. The molecule has 0 spiro atoms. The van der Waals surface area contributed by atoms with Crippen molar-refractivity contribution in [1.82, 2.24) is 0 Å². The highest BCUT2D eigenvalue weighted by Crippen LogP contribution is 2.19. The van der Waals surface area contributed by atoms with Gasteiger partial charge >= 0.3 is 0 Å². The summed E-state index contributed by atoms with van der Waals surface area (Å²) in [6.45, 7) is 0. The molecule has 2 aromatic carbocycles. The fourth-order valence-electron chi connectivity index (χ4n) is 1.61. The van der Waals surface area contributed by atoms with E-state index in [2.05, 4.69) is 5.32 Å². The third-order valence-electron chi connectivity index (χ3n) is 2.55. The van der Waals surface area contributed by atoms with Crippen molar-refractivity contribution in [3.8, 4) is 0 Å². The number of rotatable bonds is 5. The van der Waals surface area contributed by atoms with Crippen LogP contribution in [0.3, 0.4) is 0 Å². The minimum Gasteiger partial charge on any atom is -0.323 e. The zero-order valence-corrected chi connectivity index (χ0v) is 12.2. The lowest BCUT2D eigenvalue weighted by Gasteiger charge is -2.06. The topological polar surface area (TPSA) is 29.1 Å². The van der Waals surface area contributed by atoms with E-state index < -0.39 is 5.82 Å². The molecule has 2 rings (SSSR count). The number of nitrogens with one attached hydrogen (secondary N) is 1. The molecular formula is C15H13ClFNOS. The Hall–Kier alpha value is -1.52. The Morgan fingerprint density at radius 3 is 2.65 bits per heavy atom. The summed E-state index contributed by atoms with van der Waals surface area (Å²) < 4.78 is 13.5. The lowest BCUT2D eigenvalue weighted by atomic mass is 10.2. The van der Waals surface area contributed by atoms with Crippen LogP contribution in [0.25, 0.3) is 0 Å². The van der Waals surface area contributed by atoms with E-state index in [9.17, 15) is 9.18 Å². The van der Waals surface area contributed by atoms with Crippen molar-refractivity contribution in [3.63, 3.8) is 0 Å². The highest BCUT2D eigenvalue weighted by molar-refractivity contribution is 7.99. The van der Waals surface area contributed by atoms with Crippen LogP contribution in [0, 0.1) is 5.82 Å². The van der Waals surface area contributed by atoms with Crippen molar-refractivity contribution in [2.75, 3.05) is 11.1 Å². The molecule has 1 N–H and O–H groups in total. The van der Waals surface area contributed by atoms with Crippen LogP contribution in [0.1, 0.15) is 5.56 Å². The number of benzene rings is 2. The molecule has 2 nitrogen and oxygen atoms in total. The Morgan fingerprint density at radius 1 is 1.20 bits per heavy atom. The lowest BCUT2D eigenvalue weighted by Crippen LogP contribution is -2.15. The first-order valence-corrected chi connectivity index (χ1v) is 7.55. The Bertz CT molecular complexity index is 592. The van der Waals surface area contributed by atoms with Crippen molar-refractivity contribution >= 4 is 35.0 Å². The molecule has 5 heteroatoms. The molecule has 0 aliphatic heterocycles. The van der Waals surface area contributed by atoms with Gasteiger partial charge in [0.05, 0.1) is 11.4 Å². The summed E-state index contributed by atoms with van der Waals surface area (Å²) in [4.78, 5) is 11.7. The van der Waals surface area contributed by atoms with Crippen molar-refractivity contribution in [1.29, 1.82) is 0 Å². The van der Waals surface area contributed by atoms with Gasteiger partial charge in [-0.15, -0.1) is 11.8 Å². The van der Waals surface area contributed by atoms with Gasteiger partial charge in [-0.2, -0.15) is 0 Å². The molecule has 20 heavy (non-hydrogen) atoms. The van der Waals surface area contributed by atoms with Crippen molar-refractivity contribution in [2.24, 2.45) is 0 Å². The lowest BCUT2D eigenvalue weighted by molar-refractivity contribution is -0.113. The maximum atomic E-state index is 13.5. The number of hydrogen-bond acceptors (Lipinski definition) is 2. The molecule has 104 valence electrons. The van der Waals surface area contributed by atoms with Crippen LogP contribution >= 0.6 is 23.4 Å². The molecule has 0 aliphatic carbocycles. The molecule has 0 atom stereocenters. The molecule has 0 aromatic heterocycles. The summed E-state index contributed by atoms with van der Waals surface area (Å²) in [5.41, 5.74) is 1.31. The third-order valence-corrected chi connectivity index (χ3v) is 3.79. The molecule has 0 bridgehead atoms. The number of carbonyl (C=O) groups excluding carboxylic acids is 1. The highest BCUT2D eigenvalue weighted by Gasteiger charge is 2.07. The minimum atomic E-state index is -0.529. The number of hydrogen-bond donors (Lipinski definition) is 1. The molecule has 0 unspecified atom stereocenters. The van der Waals surface area contributed by atoms with Gasteiger partial charge in [-0.25, -0.2) is 4.39 Å². The number of anilines is 1. The largest absolute Gasteiger partial charge is 0.323 e. The normalized spacial score (nSPS) is 10.3. The molecule has 0 fully saturated rings. The average Bonchev–Trinajstić information content (AvgIpc) is 2.43. The number of halogens is 2. The molecule has 0 aliphatic rings. The van der Waals surface area contributed by atoms with Crippen LogP contribution in [-0.2, 0) is 10.5 Å². The van der Waals surface area contributed by atoms with E-state index in [0.717, 1.165) is 11.3 Å². The van der Waals surface area contributed by atoms with Gasteiger partial charge in [0.25, 0.3) is 0 Å². The van der Waals surface area contributed by atoms with Gasteiger partial charge in [-0.1, -0.05) is 41.9 Å². The van der Waals surface area contributed by atoms with Crippen LogP contribution in [-0.4, -0.2) is 11.7 Å². The number of carbonyl (C=O) groups is 1. The predicted octanol–water partition coefficient (Wildman–Crippen LogP) is 4.35. The van der Waals surface area contributed by atoms with E-state index in [1.165, 1.54) is 30.0 Å². The summed E-state index contributed by atoms with van der Waals surface area (Å²) >= 11 is 7.13. The van der Waals surface area contributed by atoms with Crippen molar-refractivity contribution < 1.29 is 9.18 Å². The van der Waals surface area contributed by atoms with E-state index in [1.54, 1.807) is 0 Å². The smallest absolute Gasteiger partial charge is 0.234 e. The van der Waals surface area contributed by atoms with Crippen LogP contribution in [0.5, 0.6) is 0 Å². The van der Waals surface area contributed by atoms with E-state index in [4.69, 9.17) is 11.6 Å². The van der Waals surface area contributed by atoms with Crippen LogP contribution < -0.4 is 5.32 Å². The predicted molar refractivity (Wildman–Crippen MR) is 82.6 cm³/mol. The number of amides is 1. The average molecular weight is 310 g/mol. The van der Waals surface area contributed by atoms with Gasteiger partial charge in [-0.05, 0) is 23.8 Å². The van der Waals surface area contributed by atoms with Gasteiger partial charge in [-0.3, -0.25) is 4.79 Å². The first-order chi connectivity index (χ1) is 9.65. The number of thioether (sulfide) groups is 1. The molecule has 0 radical (unpaired) electrons. The Morgan fingerprint density at radius 2 is 1.95 bits per heavy atom. The molecule has 2 aromatic rings. The SMILES string of the molecule is O=C(CSCc1ccccc1)Nc1ccc(Cl)cc1F. The highest BCUT2D eigenvalue weighted by atomic mass is 35.5. The van der Waals surface area contributed by atoms with Crippen molar-refractivity contribution in [2.45, 2.75) is 5.75 Å². The summed E-state index contributed by atoms with van der Waals surface area (Å²) in [6, 6.07) is 14.0. The van der Waals surface area contributed by atoms with Gasteiger partial charge < -0.3 is 5.32 Å². The molecular weight excluding hydrogens is 297 g/mol. The van der Waals surface area contributed by atoms with Crippen LogP contribution in [0.2, 0.25) is 5.02 Å². The van der Waals surface area contributed by atoms with E-state index in [0.29, 0.717) is 5.02 Å². The molecule has 1 amide bonds. The third kappa shape index (κ3) is 4.54. The fraction of sp³-hybridized carbons (Fsp3) is 0.133. The monoisotopic (exact) mass is 309 g/mol. The molecule has 0 saturated carbocycles. The maximum absolute atomic E-state index is 13.5. The fourth-order valence-corrected chi connectivity index (χ4v) is 2.56. The first kappa shape index (κ1) is 14.9. The molecule has 0 saturated heterocycles. The quantitative estimate of drug-likeness (QED) is 0.889. The van der Waals surface area contributed by atoms with Gasteiger partial charge in [0, 0.05) is 10.8 Å². The van der Waals surface area contributed by atoms with Crippen molar-refractivity contribution in [3.05, 3.63) is 64.9 Å². The molecule has 0 heterocycles. The maximum Gasteiger partial charge on any atom is 0.234 e.